The van der Waals surface area contributed by atoms with Crippen molar-refractivity contribution in [2.45, 2.75) is 6.92 Å². The van der Waals surface area contributed by atoms with Gasteiger partial charge >= 0.3 is 0 Å². The molecule has 1 aromatic carbocycles. The number of hydrogen-bond acceptors (Lipinski definition) is 5. The molecule has 0 spiro atoms. The highest BCUT2D eigenvalue weighted by Gasteiger charge is 2.02. The van der Waals surface area contributed by atoms with E-state index in [2.05, 4.69) is 31.2 Å². The topological polar surface area (TPSA) is 79.0 Å². The van der Waals surface area contributed by atoms with E-state index >= 15 is 0 Å². The van der Waals surface area contributed by atoms with Gasteiger partial charge in [-0.15, -0.1) is 0 Å². The van der Waals surface area contributed by atoms with E-state index in [9.17, 15) is 0 Å². The lowest BCUT2D eigenvalue weighted by atomic mass is 10.2. The van der Waals surface area contributed by atoms with Gasteiger partial charge in [0.2, 0.25) is 4.77 Å². The van der Waals surface area contributed by atoms with E-state index in [1.54, 1.807) is 19.2 Å². The van der Waals surface area contributed by atoms with Crippen molar-refractivity contribution in [3.63, 3.8) is 0 Å². The van der Waals surface area contributed by atoms with Crippen LogP contribution in [-0.2, 0) is 0 Å². The fraction of sp³-hybridized carbons (Fsp3) is 0.167. The molecule has 2 aromatic rings. The molecule has 1 aromatic heterocycles. The van der Waals surface area contributed by atoms with Crippen LogP contribution in [0.3, 0.4) is 0 Å². The number of nitrogens with one attached hydrogen (secondary N) is 1. The van der Waals surface area contributed by atoms with Gasteiger partial charge in [0.25, 0.3) is 0 Å². The summed E-state index contributed by atoms with van der Waals surface area (Å²) in [4.78, 5) is 0. The van der Waals surface area contributed by atoms with Crippen molar-refractivity contribution in [3.05, 3.63) is 38.8 Å². The molecule has 0 saturated carbocycles. The number of hydrogen-bond donors (Lipinski definition) is 1. The van der Waals surface area contributed by atoms with Crippen LogP contribution in [0.2, 0.25) is 0 Å². The molecule has 0 amide bonds. The Bertz CT molecular complexity index is 743. The first-order valence-electron chi connectivity index (χ1n) is 5.59. The fourth-order valence-electron chi connectivity index (χ4n) is 1.46. The van der Waals surface area contributed by atoms with Crippen LogP contribution in [0.1, 0.15) is 11.4 Å². The van der Waals surface area contributed by atoms with Crippen LogP contribution in [0.4, 0.5) is 0 Å². The van der Waals surface area contributed by atoms with Gasteiger partial charge in [-0.25, -0.2) is 0 Å². The summed E-state index contributed by atoms with van der Waals surface area (Å²) in [6.45, 7) is 1.81. The number of rotatable bonds is 4. The minimum atomic E-state index is 0.00934. The van der Waals surface area contributed by atoms with Gasteiger partial charge in [0.1, 0.15) is 17.6 Å². The van der Waals surface area contributed by atoms with Crippen LogP contribution in [0.15, 0.2) is 27.8 Å². The standard InChI is InChI=1S/C12H10BrN5OS/c1-8-16-17-12(20)18(8)15-7-9-2-3-11(10(13)6-9)19-5-4-14/h2-3,6-7H,5H2,1H3,(H,17,20)/b15-7-. The highest BCUT2D eigenvalue weighted by Crippen LogP contribution is 2.25. The highest BCUT2D eigenvalue weighted by atomic mass is 79.9. The molecule has 0 aliphatic carbocycles. The summed E-state index contributed by atoms with van der Waals surface area (Å²) in [5.41, 5.74) is 0.865. The zero-order valence-electron chi connectivity index (χ0n) is 10.5. The SMILES string of the molecule is Cc1n[nH]c(=S)n1/N=C\c1ccc(OCC#N)c(Br)c1. The van der Waals surface area contributed by atoms with Gasteiger partial charge < -0.3 is 4.74 Å². The number of halogens is 1. The van der Waals surface area contributed by atoms with Crippen molar-refractivity contribution in [3.8, 4) is 11.8 Å². The minimum absolute atomic E-state index is 0.00934. The summed E-state index contributed by atoms with van der Waals surface area (Å²) >= 11 is 8.44. The lowest BCUT2D eigenvalue weighted by Gasteiger charge is -2.04. The fourth-order valence-corrected chi connectivity index (χ4v) is 2.19. The average Bonchev–Trinajstić information content (AvgIpc) is 2.75. The number of ether oxygens (including phenoxy) is 1. The van der Waals surface area contributed by atoms with Gasteiger partial charge in [0, 0.05) is 0 Å². The van der Waals surface area contributed by atoms with Gasteiger partial charge in [-0.2, -0.15) is 20.1 Å². The first-order valence-corrected chi connectivity index (χ1v) is 6.79. The quantitative estimate of drug-likeness (QED) is 0.678. The Kier molecular flexibility index (Phi) is 4.65. The molecule has 1 N–H and O–H groups in total. The van der Waals surface area contributed by atoms with Gasteiger partial charge in [0.15, 0.2) is 6.61 Å². The van der Waals surface area contributed by atoms with Crippen LogP contribution in [0.5, 0.6) is 5.75 Å². The van der Waals surface area contributed by atoms with Gasteiger partial charge in [-0.3, -0.25) is 5.10 Å². The molecule has 0 aliphatic heterocycles. The van der Waals surface area contributed by atoms with Crippen molar-refractivity contribution in [2.24, 2.45) is 5.10 Å². The summed E-state index contributed by atoms with van der Waals surface area (Å²) in [6, 6.07) is 7.36. The molecule has 6 nitrogen and oxygen atoms in total. The molecule has 20 heavy (non-hydrogen) atoms. The highest BCUT2D eigenvalue weighted by molar-refractivity contribution is 9.10. The zero-order valence-corrected chi connectivity index (χ0v) is 12.9. The van der Waals surface area contributed by atoms with Crippen LogP contribution in [0, 0.1) is 23.0 Å². The Balaban J connectivity index is 2.21. The summed E-state index contributed by atoms with van der Waals surface area (Å²) in [5, 5.41) is 19.4. The Hall–Kier alpha value is -1.98. The average molecular weight is 352 g/mol. The second kappa shape index (κ2) is 6.45. The van der Waals surface area contributed by atoms with Gasteiger partial charge in [-0.1, -0.05) is 0 Å². The zero-order chi connectivity index (χ0) is 14.5. The molecule has 2 rings (SSSR count). The number of aryl methyl sites for hydroxylation is 1. The minimum Gasteiger partial charge on any atom is -0.478 e. The maximum atomic E-state index is 8.48. The normalized spacial score (nSPS) is 10.7. The molecular weight excluding hydrogens is 342 g/mol. The third kappa shape index (κ3) is 3.31. The molecule has 0 atom stereocenters. The van der Waals surface area contributed by atoms with Crippen LogP contribution < -0.4 is 4.74 Å². The summed E-state index contributed by atoms with van der Waals surface area (Å²) < 4.78 is 7.96. The Labute approximate surface area is 128 Å². The van der Waals surface area contributed by atoms with Crippen LogP contribution in [-0.4, -0.2) is 27.7 Å². The number of H-pyrrole nitrogens is 1. The molecule has 0 bridgehead atoms. The molecule has 8 heteroatoms. The molecular formula is C12H10BrN5OS. The van der Waals surface area contributed by atoms with Crippen molar-refractivity contribution in [2.75, 3.05) is 6.61 Å². The number of nitriles is 1. The second-order valence-electron chi connectivity index (χ2n) is 3.77. The van der Waals surface area contributed by atoms with Crippen LogP contribution in [0.25, 0.3) is 0 Å². The Morgan fingerprint density at radius 1 is 1.65 bits per heavy atom. The number of aromatic amines is 1. The van der Waals surface area contributed by atoms with E-state index in [0.29, 0.717) is 16.3 Å². The molecule has 0 radical (unpaired) electrons. The summed E-state index contributed by atoms with van der Waals surface area (Å²) in [5.74, 6) is 1.29. The second-order valence-corrected chi connectivity index (χ2v) is 5.01. The van der Waals surface area contributed by atoms with E-state index in [1.807, 2.05) is 18.2 Å². The van der Waals surface area contributed by atoms with E-state index in [4.69, 9.17) is 22.2 Å². The maximum Gasteiger partial charge on any atom is 0.216 e. The summed E-state index contributed by atoms with van der Waals surface area (Å²) in [6.07, 6.45) is 1.66. The Morgan fingerprint density at radius 3 is 3.05 bits per heavy atom. The molecule has 0 saturated heterocycles. The number of aromatic nitrogens is 3. The first kappa shape index (κ1) is 14.4. The predicted octanol–water partition coefficient (Wildman–Crippen LogP) is 2.80. The van der Waals surface area contributed by atoms with Crippen molar-refractivity contribution >= 4 is 34.4 Å². The van der Waals surface area contributed by atoms with E-state index in [0.717, 1.165) is 10.0 Å². The largest absolute Gasteiger partial charge is 0.478 e. The molecule has 0 aliphatic rings. The lowest BCUT2D eigenvalue weighted by molar-refractivity contribution is 0.366. The molecule has 0 unspecified atom stereocenters. The lowest BCUT2D eigenvalue weighted by Crippen LogP contribution is -1.96. The predicted molar refractivity (Wildman–Crippen MR) is 80.4 cm³/mol. The number of nitrogens with zero attached hydrogens (tertiary/aromatic N) is 4. The smallest absolute Gasteiger partial charge is 0.216 e. The molecule has 0 fully saturated rings. The maximum absolute atomic E-state index is 8.48. The molecule has 1 heterocycles. The van der Waals surface area contributed by atoms with E-state index < -0.39 is 0 Å². The van der Waals surface area contributed by atoms with E-state index in [-0.39, 0.29) is 6.61 Å². The van der Waals surface area contributed by atoms with Gasteiger partial charge in [0.05, 0.1) is 10.7 Å². The Morgan fingerprint density at radius 2 is 2.45 bits per heavy atom. The van der Waals surface area contributed by atoms with Crippen LogP contribution >= 0.6 is 28.1 Å². The number of benzene rings is 1. The van der Waals surface area contributed by atoms with Crippen molar-refractivity contribution < 1.29 is 4.74 Å². The van der Waals surface area contributed by atoms with Crippen molar-refractivity contribution in [1.82, 2.24) is 14.9 Å². The third-order valence-electron chi connectivity index (χ3n) is 2.38. The van der Waals surface area contributed by atoms with Crippen molar-refractivity contribution in [1.29, 1.82) is 5.26 Å². The molecule has 102 valence electrons. The summed E-state index contributed by atoms with van der Waals surface area (Å²) in [7, 11) is 0. The monoisotopic (exact) mass is 351 g/mol. The first-order chi connectivity index (χ1) is 9.61. The van der Waals surface area contributed by atoms with Gasteiger partial charge in [-0.05, 0) is 58.8 Å². The third-order valence-corrected chi connectivity index (χ3v) is 3.27. The van der Waals surface area contributed by atoms with E-state index in [1.165, 1.54) is 4.68 Å².